The number of carboxylic acids is 1. The largest absolute Gasteiger partial charge is 0.481 e. The first-order chi connectivity index (χ1) is 12.1. The van der Waals surface area contributed by atoms with Gasteiger partial charge >= 0.3 is 5.97 Å². The van der Waals surface area contributed by atoms with E-state index in [1.807, 2.05) is 42.5 Å². The monoisotopic (exact) mass is 417 g/mol. The first-order valence-electron chi connectivity index (χ1n) is 7.47. The van der Waals surface area contributed by atoms with Gasteiger partial charge in [0.1, 0.15) is 5.01 Å². The van der Waals surface area contributed by atoms with Crippen molar-refractivity contribution in [2.24, 2.45) is 0 Å². The van der Waals surface area contributed by atoms with E-state index in [0.29, 0.717) is 22.1 Å². The van der Waals surface area contributed by atoms with Crippen LogP contribution in [0.4, 0.5) is 0 Å². The number of carboxylic acid groups (broad SMARTS) is 1. The van der Waals surface area contributed by atoms with Crippen molar-refractivity contribution in [3.05, 3.63) is 51.4 Å². The van der Waals surface area contributed by atoms with E-state index in [2.05, 4.69) is 20.9 Å². The molecule has 0 radical (unpaired) electrons. The van der Waals surface area contributed by atoms with E-state index >= 15 is 0 Å². The fourth-order valence-electron chi connectivity index (χ4n) is 2.63. The lowest BCUT2D eigenvalue weighted by molar-refractivity contribution is -0.135. The molecule has 3 aromatic rings. The Labute approximate surface area is 155 Å². The summed E-state index contributed by atoms with van der Waals surface area (Å²) in [7, 11) is 0. The van der Waals surface area contributed by atoms with Crippen LogP contribution in [0.1, 0.15) is 17.0 Å². The zero-order chi connectivity index (χ0) is 17.4. The molecule has 0 unspecified atom stereocenters. The average molecular weight is 418 g/mol. The van der Waals surface area contributed by atoms with E-state index in [0.717, 1.165) is 20.3 Å². The van der Waals surface area contributed by atoms with Gasteiger partial charge in [0.05, 0.1) is 21.1 Å². The van der Waals surface area contributed by atoms with Crippen LogP contribution in [0.2, 0.25) is 0 Å². The predicted octanol–water partition coefficient (Wildman–Crippen LogP) is 4.80. The van der Waals surface area contributed by atoms with Crippen LogP contribution < -0.4 is 9.47 Å². The number of thiazole rings is 1. The molecule has 1 aliphatic heterocycles. The van der Waals surface area contributed by atoms with E-state index in [1.54, 1.807) is 0 Å². The third kappa shape index (κ3) is 3.25. The number of rotatable bonds is 4. The van der Waals surface area contributed by atoms with E-state index < -0.39 is 5.97 Å². The van der Waals surface area contributed by atoms with Crippen molar-refractivity contribution in [3.63, 3.8) is 0 Å². The van der Waals surface area contributed by atoms with Gasteiger partial charge in [-0.15, -0.1) is 11.3 Å². The zero-order valence-corrected chi connectivity index (χ0v) is 15.3. The number of hydrogen-bond acceptors (Lipinski definition) is 5. The first-order valence-corrected chi connectivity index (χ1v) is 9.08. The topological polar surface area (TPSA) is 68.7 Å². The van der Waals surface area contributed by atoms with E-state index in [1.165, 1.54) is 11.3 Å². The molecule has 1 N–H and O–H groups in total. The maximum absolute atomic E-state index is 11.3. The summed E-state index contributed by atoms with van der Waals surface area (Å²) < 4.78 is 12.6. The molecule has 0 atom stereocenters. The Hall–Kier alpha value is -2.38. The summed E-state index contributed by atoms with van der Waals surface area (Å²) in [5.74, 6) is 0.404. The van der Waals surface area contributed by atoms with Crippen molar-refractivity contribution < 1.29 is 19.4 Å². The minimum Gasteiger partial charge on any atom is -0.481 e. The molecule has 4 rings (SSSR count). The number of ether oxygens (including phenoxy) is 2. The molecule has 25 heavy (non-hydrogen) atoms. The molecule has 0 bridgehead atoms. The Balaban J connectivity index is 1.80. The Morgan fingerprint density at radius 2 is 2.16 bits per heavy atom. The molecule has 0 amide bonds. The maximum Gasteiger partial charge on any atom is 0.307 e. The van der Waals surface area contributed by atoms with E-state index in [4.69, 9.17) is 9.47 Å². The van der Waals surface area contributed by atoms with E-state index in [9.17, 15) is 9.90 Å². The minimum absolute atomic E-state index is 0.105. The number of hydrogen-bond donors (Lipinski definition) is 1. The molecule has 0 saturated carbocycles. The van der Waals surface area contributed by atoms with Crippen molar-refractivity contribution >= 4 is 55.1 Å². The smallest absolute Gasteiger partial charge is 0.307 e. The molecule has 1 aromatic heterocycles. The standard InChI is InChI=1S/C18H12BrNO4S/c19-12-6-10(7-14-17(12)24-9-23-14)5-11(8-16(21)22)18-20-13-3-1-2-4-15(13)25-18/h1-7H,8-9H2,(H,21,22). The average Bonchev–Trinajstić information content (AvgIpc) is 3.20. The number of aromatic nitrogens is 1. The second kappa shape index (κ2) is 6.50. The second-order valence-electron chi connectivity index (χ2n) is 5.46. The van der Waals surface area contributed by atoms with Gasteiger partial charge < -0.3 is 14.6 Å². The van der Waals surface area contributed by atoms with Crippen LogP contribution in [0, 0.1) is 0 Å². The molecule has 0 spiro atoms. The van der Waals surface area contributed by atoms with Crippen LogP contribution in [-0.4, -0.2) is 22.9 Å². The van der Waals surface area contributed by atoms with Crippen LogP contribution in [0.25, 0.3) is 21.9 Å². The van der Waals surface area contributed by atoms with Crippen LogP contribution in [-0.2, 0) is 4.79 Å². The number of fused-ring (bicyclic) bond motifs is 2. The van der Waals surface area contributed by atoms with Gasteiger partial charge in [-0.25, -0.2) is 4.98 Å². The highest BCUT2D eigenvalue weighted by Crippen LogP contribution is 2.41. The lowest BCUT2D eigenvalue weighted by Gasteiger charge is -2.04. The molecule has 7 heteroatoms. The van der Waals surface area contributed by atoms with Gasteiger partial charge in [-0.1, -0.05) is 12.1 Å². The summed E-state index contributed by atoms with van der Waals surface area (Å²) in [6, 6.07) is 11.5. The highest BCUT2D eigenvalue weighted by Gasteiger charge is 2.19. The number of nitrogens with zero attached hydrogens (tertiary/aromatic N) is 1. The summed E-state index contributed by atoms with van der Waals surface area (Å²) in [4.78, 5) is 15.9. The molecule has 2 heterocycles. The Bertz CT molecular complexity index is 978. The third-order valence-electron chi connectivity index (χ3n) is 3.70. The molecule has 0 aliphatic carbocycles. The minimum atomic E-state index is -0.898. The number of benzene rings is 2. The quantitative estimate of drug-likeness (QED) is 0.659. The van der Waals surface area contributed by atoms with Crippen molar-refractivity contribution in [2.45, 2.75) is 6.42 Å². The first kappa shape index (κ1) is 16.1. The van der Waals surface area contributed by atoms with Crippen molar-refractivity contribution in [2.75, 3.05) is 6.79 Å². The van der Waals surface area contributed by atoms with Gasteiger partial charge in [0.15, 0.2) is 11.5 Å². The fourth-order valence-corrected chi connectivity index (χ4v) is 4.19. The third-order valence-corrected chi connectivity index (χ3v) is 5.40. The molecule has 0 saturated heterocycles. The number of para-hydroxylation sites is 1. The van der Waals surface area contributed by atoms with Gasteiger partial charge in [0, 0.05) is 0 Å². The Kier molecular flexibility index (Phi) is 4.19. The number of aliphatic carboxylic acids is 1. The van der Waals surface area contributed by atoms with Gasteiger partial charge in [-0.05, 0) is 57.4 Å². The fraction of sp³-hybridized carbons (Fsp3) is 0.111. The molecule has 2 aromatic carbocycles. The highest BCUT2D eigenvalue weighted by molar-refractivity contribution is 9.10. The molecule has 0 fully saturated rings. The lowest BCUT2D eigenvalue weighted by atomic mass is 10.1. The van der Waals surface area contributed by atoms with E-state index in [-0.39, 0.29) is 13.2 Å². The molecular weight excluding hydrogens is 406 g/mol. The van der Waals surface area contributed by atoms with Gasteiger partial charge in [-0.2, -0.15) is 0 Å². The summed E-state index contributed by atoms with van der Waals surface area (Å²) in [6.45, 7) is 0.182. The van der Waals surface area contributed by atoms with Crippen LogP contribution in [0.15, 0.2) is 40.9 Å². The molecular formula is C18H12BrNO4S. The lowest BCUT2D eigenvalue weighted by Crippen LogP contribution is -1.97. The van der Waals surface area contributed by atoms with Gasteiger partial charge in [-0.3, -0.25) is 4.79 Å². The van der Waals surface area contributed by atoms with Crippen LogP contribution in [0.5, 0.6) is 11.5 Å². The SMILES string of the molecule is O=C(O)CC(=Cc1cc(Br)c2c(c1)OCO2)c1nc2ccccc2s1. The van der Waals surface area contributed by atoms with Crippen LogP contribution >= 0.6 is 27.3 Å². The van der Waals surface area contributed by atoms with Crippen molar-refractivity contribution in [1.82, 2.24) is 4.98 Å². The summed E-state index contributed by atoms with van der Waals surface area (Å²) >= 11 is 4.95. The zero-order valence-electron chi connectivity index (χ0n) is 12.9. The maximum atomic E-state index is 11.3. The summed E-state index contributed by atoms with van der Waals surface area (Å²) in [5, 5.41) is 10.00. The second-order valence-corrected chi connectivity index (χ2v) is 7.35. The molecule has 126 valence electrons. The van der Waals surface area contributed by atoms with Crippen molar-refractivity contribution in [1.29, 1.82) is 0 Å². The Morgan fingerprint density at radius 3 is 2.96 bits per heavy atom. The Morgan fingerprint density at radius 1 is 1.32 bits per heavy atom. The number of halogens is 1. The van der Waals surface area contributed by atoms with Gasteiger partial charge in [0.25, 0.3) is 0 Å². The van der Waals surface area contributed by atoms with Crippen LogP contribution in [0.3, 0.4) is 0 Å². The molecule has 1 aliphatic rings. The van der Waals surface area contributed by atoms with Gasteiger partial charge in [0.2, 0.25) is 6.79 Å². The highest BCUT2D eigenvalue weighted by atomic mass is 79.9. The predicted molar refractivity (Wildman–Crippen MR) is 100 cm³/mol. The summed E-state index contributed by atoms with van der Waals surface area (Å²) in [6.07, 6.45) is 1.73. The number of carbonyl (C=O) groups is 1. The normalized spacial score (nSPS) is 13.4. The summed E-state index contributed by atoms with van der Waals surface area (Å²) in [5.41, 5.74) is 2.34. The molecule has 5 nitrogen and oxygen atoms in total. The van der Waals surface area contributed by atoms with Crippen molar-refractivity contribution in [3.8, 4) is 11.5 Å².